The molecule has 1 aliphatic rings. The summed E-state index contributed by atoms with van der Waals surface area (Å²) in [5.41, 5.74) is 4.12. The Kier molecular flexibility index (Phi) is 4.73. The van der Waals surface area contributed by atoms with E-state index in [1.54, 1.807) is 0 Å². The first kappa shape index (κ1) is 19.4. The first-order chi connectivity index (χ1) is 16.3. The van der Waals surface area contributed by atoms with Crippen molar-refractivity contribution in [2.24, 2.45) is 0 Å². The topological polar surface area (TPSA) is 50.8 Å². The second kappa shape index (κ2) is 8.02. The van der Waals surface area contributed by atoms with Crippen molar-refractivity contribution in [1.82, 2.24) is 15.1 Å². The molecule has 2 atom stereocenters. The zero-order chi connectivity index (χ0) is 22.2. The first-order valence-corrected chi connectivity index (χ1v) is 11.2. The summed E-state index contributed by atoms with van der Waals surface area (Å²) in [4.78, 5) is 13.5. The van der Waals surface area contributed by atoms with E-state index in [9.17, 15) is 4.79 Å². The van der Waals surface area contributed by atoms with E-state index in [0.29, 0.717) is 5.56 Å². The van der Waals surface area contributed by atoms with Crippen molar-refractivity contribution in [3.8, 4) is 5.69 Å². The molecule has 4 aromatic carbocycles. The Morgan fingerprint density at radius 3 is 2.55 bits per heavy atom. The number of aromatic nitrogens is 3. The molecule has 6 rings (SSSR count). The van der Waals surface area contributed by atoms with Crippen LogP contribution in [0.2, 0.25) is 0 Å². The Hall–Kier alpha value is -4.25. The molecule has 5 aromatic rings. The van der Waals surface area contributed by atoms with Crippen LogP contribution in [-0.4, -0.2) is 15.7 Å². The lowest BCUT2D eigenvalue weighted by molar-refractivity contribution is -0.725. The van der Waals surface area contributed by atoms with Gasteiger partial charge in [-0.15, -0.1) is 0 Å². The van der Waals surface area contributed by atoms with Crippen LogP contribution in [0.4, 0.5) is 0 Å². The van der Waals surface area contributed by atoms with Crippen LogP contribution >= 0.6 is 0 Å². The van der Waals surface area contributed by atoms with Gasteiger partial charge in [0.05, 0.1) is 6.04 Å². The third-order valence-corrected chi connectivity index (χ3v) is 6.48. The van der Waals surface area contributed by atoms with Crippen LogP contribution < -0.4 is 9.88 Å². The number of hydrogen-bond acceptors (Lipinski definition) is 2. The molecular weight excluding hydrogens is 408 g/mol. The largest absolute Gasteiger partial charge is 0.342 e. The molecule has 0 bridgehead atoms. The molecule has 1 aliphatic carbocycles. The normalized spacial score (nSPS) is 17.1. The molecule has 0 fully saturated rings. The first-order valence-electron chi connectivity index (χ1n) is 11.2. The number of fused-ring (bicyclic) bond motifs is 2. The van der Waals surface area contributed by atoms with Crippen LogP contribution in [-0.2, 0) is 6.42 Å². The molecule has 5 heteroatoms. The number of amides is 1. The minimum Gasteiger partial charge on any atom is -0.342 e. The summed E-state index contributed by atoms with van der Waals surface area (Å²) in [6.07, 6.45) is 4.69. The van der Waals surface area contributed by atoms with Gasteiger partial charge >= 0.3 is 0 Å². The summed E-state index contributed by atoms with van der Waals surface area (Å²) in [6, 6.07) is 32.2. The van der Waals surface area contributed by atoms with E-state index in [2.05, 4.69) is 33.2 Å². The second-order valence-corrected chi connectivity index (χ2v) is 8.42. The summed E-state index contributed by atoms with van der Waals surface area (Å²) in [5, 5.41) is 9.94. The molecule has 33 heavy (non-hydrogen) atoms. The number of carbonyl (C=O) groups excluding carboxylic acids is 1. The number of rotatable bonds is 4. The summed E-state index contributed by atoms with van der Waals surface area (Å²) >= 11 is 0. The standard InChI is InChI=1S/C28H22N4O/c33-28(25-16-8-11-20-9-4-6-14-23(20)25)30-27-24-15-7-5-10-21(24)17-26(27)31-18-29-32(19-31)22-12-2-1-3-13-22/h1-16,18-19,26-27H,17H2/p+1/t26-,27-/m1/s1. The highest BCUT2D eigenvalue weighted by Crippen LogP contribution is 2.36. The monoisotopic (exact) mass is 431 g/mol. The molecule has 0 aliphatic heterocycles. The highest BCUT2D eigenvalue weighted by molar-refractivity contribution is 6.07. The van der Waals surface area contributed by atoms with Gasteiger partial charge in [0.2, 0.25) is 6.33 Å². The van der Waals surface area contributed by atoms with E-state index < -0.39 is 0 Å². The minimum absolute atomic E-state index is 0.0405. The molecule has 0 saturated heterocycles. The molecule has 160 valence electrons. The van der Waals surface area contributed by atoms with E-state index in [1.165, 1.54) is 5.56 Å². The van der Waals surface area contributed by atoms with Crippen LogP contribution in [0.15, 0.2) is 110 Å². The average molecular weight is 432 g/mol. The van der Waals surface area contributed by atoms with E-state index in [0.717, 1.165) is 28.4 Å². The number of carbonyl (C=O) groups is 1. The zero-order valence-corrected chi connectivity index (χ0v) is 18.0. The molecule has 5 nitrogen and oxygen atoms in total. The summed E-state index contributed by atoms with van der Waals surface area (Å²) < 4.78 is 3.98. The predicted molar refractivity (Wildman–Crippen MR) is 127 cm³/mol. The van der Waals surface area contributed by atoms with Gasteiger partial charge in [0.25, 0.3) is 12.2 Å². The Balaban J connectivity index is 1.36. The van der Waals surface area contributed by atoms with Crippen molar-refractivity contribution < 1.29 is 9.36 Å². The van der Waals surface area contributed by atoms with Gasteiger partial charge in [-0.2, -0.15) is 0 Å². The molecule has 1 N–H and O–H groups in total. The maximum atomic E-state index is 13.5. The highest BCUT2D eigenvalue weighted by atomic mass is 16.1. The van der Waals surface area contributed by atoms with Gasteiger partial charge in [-0.05, 0) is 40.1 Å². The van der Waals surface area contributed by atoms with Crippen LogP contribution in [0.1, 0.15) is 33.6 Å². The minimum atomic E-state index is -0.147. The molecule has 0 unspecified atom stereocenters. The van der Waals surface area contributed by atoms with Crippen molar-refractivity contribution in [3.63, 3.8) is 0 Å². The number of para-hydroxylation sites is 1. The van der Waals surface area contributed by atoms with Crippen LogP contribution in [0, 0.1) is 0 Å². The molecule has 1 aromatic heterocycles. The molecule has 1 heterocycles. The summed E-state index contributed by atoms with van der Waals surface area (Å²) in [5.74, 6) is -0.0606. The Labute approximate surface area is 191 Å². The maximum Gasteiger partial charge on any atom is 0.265 e. The lowest BCUT2D eigenvalue weighted by atomic mass is 10.0. The fraction of sp³-hybridized carbons (Fsp3) is 0.107. The fourth-order valence-corrected chi connectivity index (χ4v) is 4.85. The smallest absolute Gasteiger partial charge is 0.265 e. The Morgan fingerprint density at radius 2 is 1.64 bits per heavy atom. The van der Waals surface area contributed by atoms with Crippen LogP contribution in [0.5, 0.6) is 0 Å². The van der Waals surface area contributed by atoms with Gasteiger partial charge < -0.3 is 5.32 Å². The lowest BCUT2D eigenvalue weighted by Gasteiger charge is -2.20. The maximum absolute atomic E-state index is 13.5. The highest BCUT2D eigenvalue weighted by Gasteiger charge is 2.37. The van der Waals surface area contributed by atoms with E-state index in [4.69, 9.17) is 0 Å². The van der Waals surface area contributed by atoms with E-state index in [-0.39, 0.29) is 18.0 Å². The van der Waals surface area contributed by atoms with Crippen molar-refractivity contribution in [1.29, 1.82) is 0 Å². The second-order valence-electron chi connectivity index (χ2n) is 8.42. The number of nitrogens with zero attached hydrogens (tertiary/aromatic N) is 3. The summed E-state index contributed by atoms with van der Waals surface area (Å²) in [7, 11) is 0. The number of nitrogens with one attached hydrogen (secondary N) is 1. The van der Waals surface area contributed by atoms with E-state index >= 15 is 0 Å². The predicted octanol–water partition coefficient (Wildman–Crippen LogP) is 4.58. The third kappa shape index (κ3) is 3.48. The summed E-state index contributed by atoms with van der Waals surface area (Å²) in [6.45, 7) is 0. The van der Waals surface area contributed by atoms with Gasteiger partial charge in [0, 0.05) is 17.1 Å². The number of hydrogen-bond donors (Lipinski definition) is 1. The Bertz CT molecular complexity index is 1450. The zero-order valence-electron chi connectivity index (χ0n) is 18.0. The van der Waals surface area contributed by atoms with Gasteiger partial charge in [0.1, 0.15) is 11.7 Å². The van der Waals surface area contributed by atoms with Crippen LogP contribution in [0.3, 0.4) is 0 Å². The fourth-order valence-electron chi connectivity index (χ4n) is 4.85. The molecule has 0 radical (unpaired) electrons. The molecule has 0 saturated carbocycles. The number of benzene rings is 4. The van der Waals surface area contributed by atoms with E-state index in [1.807, 2.05) is 96.2 Å². The van der Waals surface area contributed by atoms with Crippen molar-refractivity contribution in [3.05, 3.63) is 126 Å². The lowest BCUT2D eigenvalue weighted by Crippen LogP contribution is -2.45. The quantitative estimate of drug-likeness (QED) is 0.424. The molecule has 1 amide bonds. The van der Waals surface area contributed by atoms with Crippen molar-refractivity contribution in [2.45, 2.75) is 18.5 Å². The Morgan fingerprint density at radius 1 is 0.879 bits per heavy atom. The van der Waals surface area contributed by atoms with Crippen molar-refractivity contribution >= 4 is 16.7 Å². The molecular formula is C28H23N4O+. The van der Waals surface area contributed by atoms with Crippen LogP contribution in [0.25, 0.3) is 16.5 Å². The van der Waals surface area contributed by atoms with Crippen molar-refractivity contribution in [2.75, 3.05) is 0 Å². The molecule has 0 spiro atoms. The van der Waals surface area contributed by atoms with Gasteiger partial charge in [-0.25, -0.2) is 4.57 Å². The third-order valence-electron chi connectivity index (χ3n) is 6.48. The van der Waals surface area contributed by atoms with Gasteiger partial charge in [-0.3, -0.25) is 4.79 Å². The average Bonchev–Trinajstić information content (AvgIpc) is 3.50. The SMILES string of the molecule is O=C(N[C@@H]1c2ccccc2C[C@H]1[n+]1cnn(-c2ccccc2)c1)c1cccc2ccccc12. The van der Waals surface area contributed by atoms with Gasteiger partial charge in [0.15, 0.2) is 0 Å². The van der Waals surface area contributed by atoms with Gasteiger partial charge in [-0.1, -0.05) is 83.5 Å².